The summed E-state index contributed by atoms with van der Waals surface area (Å²) < 4.78 is 5.32. The zero-order valence-electron chi connectivity index (χ0n) is 15.5. The lowest BCUT2D eigenvalue weighted by Gasteiger charge is -2.16. The van der Waals surface area contributed by atoms with E-state index in [9.17, 15) is 0 Å². The lowest BCUT2D eigenvalue weighted by atomic mass is 10.1. The minimum absolute atomic E-state index is 0.0809. The Balaban J connectivity index is 1.63. The van der Waals surface area contributed by atoms with Crippen LogP contribution in [-0.4, -0.2) is 27.0 Å². The number of nitrogens with zero attached hydrogens (tertiary/aromatic N) is 3. The lowest BCUT2D eigenvalue weighted by molar-refractivity contribution is 0.414. The Hall–Kier alpha value is -3.41. The third-order valence-corrected chi connectivity index (χ3v) is 4.51. The summed E-state index contributed by atoms with van der Waals surface area (Å²) in [6.45, 7) is 4.00. The van der Waals surface area contributed by atoms with Gasteiger partial charge in [-0.3, -0.25) is 0 Å². The predicted molar refractivity (Wildman–Crippen MR) is 107 cm³/mol. The van der Waals surface area contributed by atoms with E-state index in [2.05, 4.69) is 44.3 Å². The van der Waals surface area contributed by atoms with E-state index < -0.39 is 0 Å². The first kappa shape index (κ1) is 17.0. The van der Waals surface area contributed by atoms with Gasteiger partial charge in [0.1, 0.15) is 17.4 Å². The summed E-state index contributed by atoms with van der Waals surface area (Å²) in [4.78, 5) is 16.5. The highest BCUT2D eigenvalue weighted by Crippen LogP contribution is 2.26. The molecule has 0 spiro atoms. The molecule has 0 aliphatic carbocycles. The van der Waals surface area contributed by atoms with Crippen molar-refractivity contribution in [3.8, 4) is 17.0 Å². The monoisotopic (exact) mass is 359 g/mol. The molecule has 2 aromatic carbocycles. The van der Waals surface area contributed by atoms with Crippen LogP contribution in [0, 0.1) is 6.92 Å². The van der Waals surface area contributed by atoms with E-state index in [-0.39, 0.29) is 6.04 Å². The first-order chi connectivity index (χ1) is 13.1. The van der Waals surface area contributed by atoms with E-state index in [1.165, 1.54) is 0 Å². The maximum absolute atomic E-state index is 5.32. The summed E-state index contributed by atoms with van der Waals surface area (Å²) in [5.41, 5.74) is 4.96. The largest absolute Gasteiger partial charge is 0.497 e. The first-order valence-corrected chi connectivity index (χ1v) is 8.82. The van der Waals surface area contributed by atoms with Crippen LogP contribution in [-0.2, 0) is 0 Å². The van der Waals surface area contributed by atoms with Crippen LogP contribution in [0.3, 0.4) is 0 Å². The number of H-pyrrole nitrogens is 1. The maximum atomic E-state index is 5.32. The van der Waals surface area contributed by atoms with Crippen LogP contribution in [0.4, 0.5) is 5.82 Å². The second-order valence-corrected chi connectivity index (χ2v) is 6.46. The highest BCUT2D eigenvalue weighted by molar-refractivity contribution is 5.81. The molecular weight excluding hydrogens is 338 g/mol. The number of rotatable bonds is 5. The lowest BCUT2D eigenvalue weighted by Crippen LogP contribution is -2.09. The van der Waals surface area contributed by atoms with Crippen molar-refractivity contribution in [2.75, 3.05) is 12.4 Å². The number of nitrogens with one attached hydrogen (secondary N) is 2. The zero-order chi connectivity index (χ0) is 18.8. The van der Waals surface area contributed by atoms with Crippen LogP contribution in [0.1, 0.15) is 24.4 Å². The van der Waals surface area contributed by atoms with Gasteiger partial charge < -0.3 is 15.0 Å². The topological polar surface area (TPSA) is 75.7 Å². The smallest absolute Gasteiger partial charge is 0.130 e. The molecular formula is C21H21N5O. The molecule has 0 aliphatic heterocycles. The normalized spacial score (nSPS) is 12.1. The van der Waals surface area contributed by atoms with Gasteiger partial charge in [0.2, 0.25) is 0 Å². The van der Waals surface area contributed by atoms with Gasteiger partial charge in [0.15, 0.2) is 0 Å². The molecule has 4 aromatic rings. The Morgan fingerprint density at radius 1 is 1.07 bits per heavy atom. The fraction of sp³-hybridized carbons (Fsp3) is 0.190. The fourth-order valence-corrected chi connectivity index (χ4v) is 3.10. The predicted octanol–water partition coefficient (Wildman–Crippen LogP) is 4.51. The van der Waals surface area contributed by atoms with E-state index in [0.717, 1.165) is 45.2 Å². The zero-order valence-corrected chi connectivity index (χ0v) is 15.5. The minimum atomic E-state index is 0.0809. The van der Waals surface area contributed by atoms with Crippen LogP contribution < -0.4 is 10.1 Å². The number of benzene rings is 2. The summed E-state index contributed by atoms with van der Waals surface area (Å²) in [6.07, 6.45) is 1.70. The molecule has 0 amide bonds. The number of anilines is 1. The summed E-state index contributed by atoms with van der Waals surface area (Å²) >= 11 is 0. The summed E-state index contributed by atoms with van der Waals surface area (Å²) in [5, 5.41) is 3.47. The molecule has 0 aliphatic rings. The van der Waals surface area contributed by atoms with E-state index in [1.54, 1.807) is 13.4 Å². The van der Waals surface area contributed by atoms with Crippen molar-refractivity contribution in [1.29, 1.82) is 0 Å². The van der Waals surface area contributed by atoms with E-state index in [4.69, 9.17) is 4.74 Å². The average Bonchev–Trinajstić information content (AvgIpc) is 3.15. The van der Waals surface area contributed by atoms with Gasteiger partial charge in [-0.15, -0.1) is 0 Å². The Labute approximate surface area is 157 Å². The Kier molecular flexibility index (Phi) is 4.46. The van der Waals surface area contributed by atoms with Crippen molar-refractivity contribution < 1.29 is 4.74 Å². The van der Waals surface area contributed by atoms with Gasteiger partial charge in [-0.2, -0.15) is 0 Å². The maximum Gasteiger partial charge on any atom is 0.130 e. The van der Waals surface area contributed by atoms with Crippen LogP contribution in [0.15, 0.2) is 54.9 Å². The number of hydrogen-bond acceptors (Lipinski definition) is 5. The molecule has 6 heteroatoms. The second kappa shape index (κ2) is 7.07. The van der Waals surface area contributed by atoms with Crippen molar-refractivity contribution in [1.82, 2.24) is 19.9 Å². The highest BCUT2D eigenvalue weighted by Gasteiger charge is 2.10. The molecule has 0 radical (unpaired) electrons. The van der Waals surface area contributed by atoms with Crippen LogP contribution >= 0.6 is 0 Å². The van der Waals surface area contributed by atoms with E-state index in [1.807, 2.05) is 43.3 Å². The van der Waals surface area contributed by atoms with Gasteiger partial charge in [0, 0.05) is 11.6 Å². The third kappa shape index (κ3) is 3.60. The number of imidazole rings is 1. The average molecular weight is 359 g/mol. The minimum Gasteiger partial charge on any atom is -0.497 e. The number of aryl methyl sites for hydroxylation is 1. The molecule has 2 N–H and O–H groups in total. The number of aromatic nitrogens is 4. The SMILES string of the molecule is COc1cccc([C@H](C)Nc2cc(-c3ccc4nc[nH]c4c3)nc(C)n2)c1. The molecule has 0 bridgehead atoms. The number of aromatic amines is 1. The second-order valence-electron chi connectivity index (χ2n) is 6.46. The van der Waals surface area contributed by atoms with E-state index >= 15 is 0 Å². The number of methoxy groups -OCH3 is 1. The molecule has 6 nitrogen and oxygen atoms in total. The number of fused-ring (bicyclic) bond motifs is 1. The molecule has 0 saturated carbocycles. The van der Waals surface area contributed by atoms with Crippen LogP contribution in [0.25, 0.3) is 22.3 Å². The quantitative estimate of drug-likeness (QED) is 0.548. The van der Waals surface area contributed by atoms with Gasteiger partial charge >= 0.3 is 0 Å². The summed E-state index contributed by atoms with van der Waals surface area (Å²) in [5.74, 6) is 2.35. The van der Waals surface area contributed by atoms with Gasteiger partial charge in [0.05, 0.1) is 36.2 Å². The molecule has 0 saturated heterocycles. The highest BCUT2D eigenvalue weighted by atomic mass is 16.5. The molecule has 136 valence electrons. The Morgan fingerprint density at radius 2 is 1.96 bits per heavy atom. The van der Waals surface area contributed by atoms with Crippen LogP contribution in [0.2, 0.25) is 0 Å². The van der Waals surface area contributed by atoms with Crippen molar-refractivity contribution in [3.63, 3.8) is 0 Å². The summed E-state index contributed by atoms with van der Waals surface area (Å²) in [7, 11) is 1.67. The molecule has 27 heavy (non-hydrogen) atoms. The van der Waals surface area contributed by atoms with Crippen LogP contribution in [0.5, 0.6) is 5.75 Å². The standard InChI is InChI=1S/C21H21N5O/c1-13(15-5-4-6-17(9-15)27-3)24-21-11-19(25-14(2)26-21)16-7-8-18-20(10-16)23-12-22-18/h4-13H,1-3H3,(H,22,23)(H,24,25,26)/t13-/m0/s1. The van der Waals surface area contributed by atoms with Gasteiger partial charge in [-0.25, -0.2) is 15.0 Å². The van der Waals surface area contributed by atoms with E-state index in [0.29, 0.717) is 0 Å². The number of hydrogen-bond donors (Lipinski definition) is 2. The van der Waals surface area contributed by atoms with Gasteiger partial charge in [-0.1, -0.05) is 18.2 Å². The van der Waals surface area contributed by atoms with Crippen molar-refractivity contribution >= 4 is 16.9 Å². The summed E-state index contributed by atoms with van der Waals surface area (Å²) in [6, 6.07) is 16.2. The molecule has 4 rings (SSSR count). The molecule has 0 fully saturated rings. The van der Waals surface area contributed by atoms with Crippen molar-refractivity contribution in [2.45, 2.75) is 19.9 Å². The molecule has 1 atom stereocenters. The van der Waals surface area contributed by atoms with Gasteiger partial charge in [0.25, 0.3) is 0 Å². The number of ether oxygens (including phenoxy) is 1. The fourth-order valence-electron chi connectivity index (χ4n) is 3.10. The Bertz CT molecular complexity index is 1090. The van der Waals surface area contributed by atoms with Crippen molar-refractivity contribution in [3.05, 3.63) is 66.2 Å². The molecule has 0 unspecified atom stereocenters. The third-order valence-electron chi connectivity index (χ3n) is 4.51. The van der Waals surface area contributed by atoms with Crippen molar-refractivity contribution in [2.24, 2.45) is 0 Å². The molecule has 2 aromatic heterocycles. The van der Waals surface area contributed by atoms with Gasteiger partial charge in [-0.05, 0) is 43.7 Å². The molecule has 2 heterocycles. The first-order valence-electron chi connectivity index (χ1n) is 8.82. The Morgan fingerprint density at radius 3 is 2.81 bits per heavy atom.